The van der Waals surface area contributed by atoms with Crippen molar-refractivity contribution in [3.05, 3.63) is 29.6 Å². The van der Waals surface area contributed by atoms with Crippen molar-refractivity contribution in [2.45, 2.75) is 33.1 Å². The lowest BCUT2D eigenvalue weighted by Crippen LogP contribution is -2.07. The predicted molar refractivity (Wildman–Crippen MR) is 57.2 cm³/mol. The van der Waals surface area contributed by atoms with Gasteiger partial charge in [0.2, 0.25) is 0 Å². The molecule has 76 valence electrons. The van der Waals surface area contributed by atoms with Gasteiger partial charge in [0.15, 0.2) is 0 Å². The van der Waals surface area contributed by atoms with Crippen LogP contribution in [0.5, 0.6) is 0 Å². The molecule has 0 saturated carbocycles. The molecular weight excluding hydrogens is 174 g/mol. The van der Waals surface area contributed by atoms with Crippen molar-refractivity contribution >= 4 is 6.29 Å². The maximum absolute atomic E-state index is 10.5. The average molecular weight is 191 g/mol. The molecule has 1 rings (SSSR count). The summed E-state index contributed by atoms with van der Waals surface area (Å²) >= 11 is 0. The van der Waals surface area contributed by atoms with Gasteiger partial charge in [0, 0.05) is 18.3 Å². The van der Waals surface area contributed by atoms with Gasteiger partial charge in [-0.05, 0) is 30.4 Å². The molecule has 0 N–H and O–H groups in total. The van der Waals surface area contributed by atoms with Crippen LogP contribution < -0.4 is 0 Å². The molecule has 0 bridgehead atoms. The number of carbonyl (C=O) groups is 1. The fraction of sp³-hybridized carbons (Fsp3) is 0.500. The summed E-state index contributed by atoms with van der Waals surface area (Å²) in [5, 5.41) is 0. The largest absolute Gasteiger partial charge is 0.303 e. The maximum Gasteiger partial charge on any atom is 0.120 e. The lowest BCUT2D eigenvalue weighted by Gasteiger charge is -2.18. The van der Waals surface area contributed by atoms with E-state index in [1.54, 1.807) is 0 Å². The number of aromatic nitrogens is 1. The Bertz CT molecular complexity index is 290. The van der Waals surface area contributed by atoms with Crippen molar-refractivity contribution in [1.82, 2.24) is 4.98 Å². The number of hydrogen-bond acceptors (Lipinski definition) is 2. The topological polar surface area (TPSA) is 30.0 Å². The van der Waals surface area contributed by atoms with Gasteiger partial charge in [-0.25, -0.2) is 0 Å². The van der Waals surface area contributed by atoms with Gasteiger partial charge in [-0.1, -0.05) is 19.9 Å². The zero-order chi connectivity index (χ0) is 10.6. The highest BCUT2D eigenvalue weighted by Crippen LogP contribution is 2.26. The van der Waals surface area contributed by atoms with E-state index < -0.39 is 0 Å². The third kappa shape index (κ3) is 2.66. The first-order valence-corrected chi connectivity index (χ1v) is 5.01. The number of pyridine rings is 1. The van der Waals surface area contributed by atoms with E-state index in [4.69, 9.17) is 0 Å². The van der Waals surface area contributed by atoms with Gasteiger partial charge in [-0.15, -0.1) is 0 Å². The van der Waals surface area contributed by atoms with Gasteiger partial charge in [0.05, 0.1) is 0 Å². The fourth-order valence-corrected chi connectivity index (χ4v) is 1.60. The Morgan fingerprint density at radius 2 is 2.14 bits per heavy atom. The molecule has 0 aliphatic carbocycles. The van der Waals surface area contributed by atoms with Gasteiger partial charge in [-0.2, -0.15) is 0 Å². The minimum absolute atomic E-state index is 0.306. The van der Waals surface area contributed by atoms with Crippen molar-refractivity contribution < 1.29 is 4.79 Å². The summed E-state index contributed by atoms with van der Waals surface area (Å²) in [5.74, 6) is 0.783. The molecule has 1 aromatic heterocycles. The molecule has 1 heterocycles. The van der Waals surface area contributed by atoms with Gasteiger partial charge in [0.1, 0.15) is 6.29 Å². The van der Waals surface area contributed by atoms with Crippen molar-refractivity contribution in [2.24, 2.45) is 5.92 Å². The number of nitrogens with zero attached hydrogens (tertiary/aromatic N) is 1. The van der Waals surface area contributed by atoms with Gasteiger partial charge in [0.25, 0.3) is 0 Å². The molecule has 0 radical (unpaired) electrons. The molecule has 0 aliphatic rings. The maximum atomic E-state index is 10.5. The zero-order valence-electron chi connectivity index (χ0n) is 9.03. The van der Waals surface area contributed by atoms with Gasteiger partial charge >= 0.3 is 0 Å². The predicted octanol–water partition coefficient (Wildman–Crippen LogP) is 2.72. The molecule has 0 aliphatic heterocycles. The third-order valence-corrected chi connectivity index (χ3v) is 2.52. The van der Waals surface area contributed by atoms with Crippen LogP contribution in [-0.2, 0) is 4.79 Å². The van der Waals surface area contributed by atoms with E-state index in [0.717, 1.165) is 17.5 Å². The van der Waals surface area contributed by atoms with Crippen molar-refractivity contribution in [1.29, 1.82) is 0 Å². The highest BCUT2D eigenvalue weighted by molar-refractivity contribution is 5.51. The summed E-state index contributed by atoms with van der Waals surface area (Å²) in [6.45, 7) is 6.23. The van der Waals surface area contributed by atoms with Crippen molar-refractivity contribution in [3.8, 4) is 0 Å². The number of carbonyl (C=O) groups excluding carboxylic acids is 1. The van der Waals surface area contributed by atoms with Crippen molar-refractivity contribution in [3.63, 3.8) is 0 Å². The summed E-state index contributed by atoms with van der Waals surface area (Å²) in [7, 11) is 0. The summed E-state index contributed by atoms with van der Waals surface area (Å²) in [6, 6.07) is 4.06. The van der Waals surface area contributed by atoms with E-state index in [1.165, 1.54) is 0 Å². The number of hydrogen-bond donors (Lipinski definition) is 0. The highest BCUT2D eigenvalue weighted by atomic mass is 16.1. The monoisotopic (exact) mass is 191 g/mol. The molecule has 0 spiro atoms. The summed E-state index contributed by atoms with van der Waals surface area (Å²) in [6.07, 6.45) is 3.45. The molecular formula is C12H17NO. The Morgan fingerprint density at radius 1 is 1.43 bits per heavy atom. The van der Waals surface area contributed by atoms with E-state index in [-0.39, 0.29) is 0 Å². The van der Waals surface area contributed by atoms with Crippen LogP contribution in [-0.4, -0.2) is 11.3 Å². The molecule has 2 heteroatoms. The van der Waals surface area contributed by atoms with E-state index in [1.807, 2.05) is 19.2 Å². The molecule has 1 aromatic rings. The van der Waals surface area contributed by atoms with Crippen LogP contribution in [0.1, 0.15) is 37.4 Å². The Kier molecular flexibility index (Phi) is 3.81. The van der Waals surface area contributed by atoms with Crippen LogP contribution in [0.15, 0.2) is 18.3 Å². The first kappa shape index (κ1) is 10.9. The number of aldehydes is 1. The van der Waals surface area contributed by atoms with Gasteiger partial charge in [-0.3, -0.25) is 4.98 Å². The second kappa shape index (κ2) is 4.89. The smallest absolute Gasteiger partial charge is 0.120 e. The number of rotatable bonds is 4. The first-order chi connectivity index (χ1) is 6.65. The first-order valence-electron chi connectivity index (χ1n) is 5.01. The van der Waals surface area contributed by atoms with Crippen LogP contribution in [0.2, 0.25) is 0 Å². The van der Waals surface area contributed by atoms with Crippen LogP contribution in [0, 0.1) is 12.8 Å². The van der Waals surface area contributed by atoms with E-state index in [0.29, 0.717) is 18.3 Å². The number of aryl methyl sites for hydroxylation is 1. The quantitative estimate of drug-likeness (QED) is 0.685. The lowest BCUT2D eigenvalue weighted by atomic mass is 9.87. The Morgan fingerprint density at radius 3 is 2.57 bits per heavy atom. The Balaban J connectivity index is 2.87. The van der Waals surface area contributed by atoms with Gasteiger partial charge < -0.3 is 4.79 Å². The zero-order valence-corrected chi connectivity index (χ0v) is 9.03. The molecule has 2 nitrogen and oxygen atoms in total. The van der Waals surface area contributed by atoms with Crippen molar-refractivity contribution in [2.75, 3.05) is 0 Å². The summed E-state index contributed by atoms with van der Waals surface area (Å²) < 4.78 is 0. The SMILES string of the molecule is Cc1ccc(C(CC=O)C(C)C)cn1. The van der Waals surface area contributed by atoms with Crippen LogP contribution in [0.3, 0.4) is 0 Å². The minimum atomic E-state index is 0.306. The van der Waals surface area contributed by atoms with E-state index >= 15 is 0 Å². The summed E-state index contributed by atoms with van der Waals surface area (Å²) in [4.78, 5) is 14.8. The Hall–Kier alpha value is -1.18. The normalized spacial score (nSPS) is 12.9. The Labute approximate surface area is 85.4 Å². The molecule has 1 unspecified atom stereocenters. The fourth-order valence-electron chi connectivity index (χ4n) is 1.60. The second-order valence-electron chi connectivity index (χ2n) is 3.99. The average Bonchev–Trinajstić information content (AvgIpc) is 2.15. The lowest BCUT2D eigenvalue weighted by molar-refractivity contribution is -0.108. The molecule has 0 fully saturated rings. The molecule has 0 aromatic carbocycles. The molecule has 0 amide bonds. The molecule has 14 heavy (non-hydrogen) atoms. The van der Waals surface area contributed by atoms with Crippen LogP contribution in [0.4, 0.5) is 0 Å². The van der Waals surface area contributed by atoms with E-state index in [2.05, 4.69) is 24.9 Å². The van der Waals surface area contributed by atoms with Crippen LogP contribution >= 0.6 is 0 Å². The highest BCUT2D eigenvalue weighted by Gasteiger charge is 2.15. The standard InChI is InChI=1S/C12H17NO/c1-9(2)12(6-7-14)11-5-4-10(3)13-8-11/h4-5,7-9,12H,6H2,1-3H3. The second-order valence-corrected chi connectivity index (χ2v) is 3.99. The van der Waals surface area contributed by atoms with E-state index in [9.17, 15) is 4.79 Å². The molecule has 0 saturated heterocycles. The minimum Gasteiger partial charge on any atom is -0.303 e. The summed E-state index contributed by atoms with van der Waals surface area (Å²) in [5.41, 5.74) is 2.18. The molecule has 1 atom stereocenters. The van der Waals surface area contributed by atoms with Crippen LogP contribution in [0.25, 0.3) is 0 Å². The third-order valence-electron chi connectivity index (χ3n) is 2.52.